The number of nitrogens with zero attached hydrogens (tertiary/aromatic N) is 2. The van der Waals surface area contributed by atoms with Crippen LogP contribution in [0, 0.1) is 0 Å². The average Bonchev–Trinajstić information content (AvgIpc) is 2.40. The monoisotopic (exact) mass is 185 g/mol. The SMILES string of the molecule is CN1CCC2(CC1)NCC(=O)N2O. The average molecular weight is 185 g/mol. The van der Waals surface area contributed by atoms with E-state index in [1.165, 1.54) is 0 Å². The molecule has 2 N–H and O–H groups in total. The second-order valence-corrected chi connectivity index (χ2v) is 3.89. The highest BCUT2D eigenvalue weighted by Gasteiger charge is 2.46. The molecular weight excluding hydrogens is 170 g/mol. The summed E-state index contributed by atoms with van der Waals surface area (Å²) in [6, 6.07) is 0. The maximum Gasteiger partial charge on any atom is 0.261 e. The summed E-state index contributed by atoms with van der Waals surface area (Å²) >= 11 is 0. The van der Waals surface area contributed by atoms with Crippen molar-refractivity contribution in [3.63, 3.8) is 0 Å². The summed E-state index contributed by atoms with van der Waals surface area (Å²) < 4.78 is 0. The summed E-state index contributed by atoms with van der Waals surface area (Å²) in [6.45, 7) is 2.09. The van der Waals surface area contributed by atoms with Gasteiger partial charge in [0.1, 0.15) is 5.66 Å². The molecule has 2 aliphatic rings. The number of likely N-dealkylation sites (tertiary alicyclic amines) is 1. The Kier molecular flexibility index (Phi) is 2.02. The topological polar surface area (TPSA) is 55.8 Å². The van der Waals surface area contributed by atoms with Gasteiger partial charge in [-0.3, -0.25) is 15.3 Å². The highest BCUT2D eigenvalue weighted by Crippen LogP contribution is 2.27. The predicted molar refractivity (Wildman–Crippen MR) is 46.1 cm³/mol. The van der Waals surface area contributed by atoms with Crippen LogP contribution in [0.4, 0.5) is 0 Å². The Balaban J connectivity index is 2.09. The molecule has 1 spiro atoms. The lowest BCUT2D eigenvalue weighted by atomic mass is 9.98. The van der Waals surface area contributed by atoms with Gasteiger partial charge >= 0.3 is 0 Å². The molecule has 2 saturated heterocycles. The normalized spacial score (nSPS) is 28.8. The van der Waals surface area contributed by atoms with Crippen molar-refractivity contribution in [3.05, 3.63) is 0 Å². The Morgan fingerprint density at radius 2 is 2.08 bits per heavy atom. The minimum absolute atomic E-state index is 0.218. The Labute approximate surface area is 77.3 Å². The van der Waals surface area contributed by atoms with Gasteiger partial charge in [-0.15, -0.1) is 0 Å². The Morgan fingerprint density at radius 3 is 2.54 bits per heavy atom. The van der Waals surface area contributed by atoms with Gasteiger partial charge in [-0.1, -0.05) is 0 Å². The van der Waals surface area contributed by atoms with Crippen LogP contribution in [0.2, 0.25) is 0 Å². The van der Waals surface area contributed by atoms with Gasteiger partial charge in [-0.05, 0) is 19.9 Å². The number of piperidine rings is 1. The van der Waals surface area contributed by atoms with Gasteiger partial charge < -0.3 is 4.90 Å². The largest absolute Gasteiger partial charge is 0.306 e. The molecule has 2 heterocycles. The minimum Gasteiger partial charge on any atom is -0.306 e. The van der Waals surface area contributed by atoms with E-state index in [0.717, 1.165) is 31.0 Å². The van der Waals surface area contributed by atoms with Crippen molar-refractivity contribution >= 4 is 5.91 Å². The molecule has 0 unspecified atom stereocenters. The van der Waals surface area contributed by atoms with Crippen molar-refractivity contribution in [3.8, 4) is 0 Å². The van der Waals surface area contributed by atoms with E-state index in [1.54, 1.807) is 0 Å². The van der Waals surface area contributed by atoms with Crippen molar-refractivity contribution in [2.45, 2.75) is 18.5 Å². The molecule has 0 radical (unpaired) electrons. The third-order valence-electron chi connectivity index (χ3n) is 3.02. The smallest absolute Gasteiger partial charge is 0.261 e. The molecule has 0 atom stereocenters. The van der Waals surface area contributed by atoms with Gasteiger partial charge in [-0.25, -0.2) is 5.06 Å². The maximum absolute atomic E-state index is 11.1. The molecule has 0 aromatic heterocycles. The van der Waals surface area contributed by atoms with Gasteiger partial charge in [0.2, 0.25) is 0 Å². The Bertz CT molecular complexity index is 223. The van der Waals surface area contributed by atoms with Crippen molar-refractivity contribution in [2.24, 2.45) is 0 Å². The number of hydrogen-bond donors (Lipinski definition) is 2. The quantitative estimate of drug-likeness (QED) is 0.487. The van der Waals surface area contributed by atoms with Crippen LogP contribution in [0.1, 0.15) is 12.8 Å². The Morgan fingerprint density at radius 1 is 1.46 bits per heavy atom. The van der Waals surface area contributed by atoms with E-state index in [2.05, 4.69) is 10.2 Å². The molecule has 2 fully saturated rings. The fourth-order valence-corrected chi connectivity index (χ4v) is 2.01. The zero-order valence-corrected chi connectivity index (χ0v) is 7.79. The molecule has 0 aromatic carbocycles. The third-order valence-corrected chi connectivity index (χ3v) is 3.02. The van der Waals surface area contributed by atoms with E-state index in [0.29, 0.717) is 0 Å². The van der Waals surface area contributed by atoms with Gasteiger partial charge in [0, 0.05) is 13.1 Å². The summed E-state index contributed by atoms with van der Waals surface area (Å²) in [6.07, 6.45) is 1.59. The van der Waals surface area contributed by atoms with Crippen LogP contribution in [0.5, 0.6) is 0 Å². The number of amides is 1. The molecule has 74 valence electrons. The summed E-state index contributed by atoms with van der Waals surface area (Å²) in [5, 5.41) is 13.5. The predicted octanol–water partition coefficient (Wildman–Crippen LogP) is -0.771. The van der Waals surface area contributed by atoms with Crippen LogP contribution >= 0.6 is 0 Å². The molecule has 0 aliphatic carbocycles. The van der Waals surface area contributed by atoms with E-state index in [1.807, 2.05) is 7.05 Å². The highest BCUT2D eigenvalue weighted by atomic mass is 16.5. The number of nitrogens with one attached hydrogen (secondary N) is 1. The van der Waals surface area contributed by atoms with Crippen LogP contribution in [-0.2, 0) is 4.79 Å². The second kappa shape index (κ2) is 2.94. The van der Waals surface area contributed by atoms with E-state index < -0.39 is 5.66 Å². The van der Waals surface area contributed by atoms with Crippen LogP contribution in [0.3, 0.4) is 0 Å². The standard InChI is InChI=1S/C8H15N3O2/c1-10-4-2-8(3-5-10)9-6-7(12)11(8)13/h9,13H,2-6H2,1H3. The lowest BCUT2D eigenvalue weighted by Gasteiger charge is -2.40. The lowest BCUT2D eigenvalue weighted by molar-refractivity contribution is -0.189. The summed E-state index contributed by atoms with van der Waals surface area (Å²) in [5.41, 5.74) is -0.469. The van der Waals surface area contributed by atoms with E-state index in [9.17, 15) is 10.0 Å². The maximum atomic E-state index is 11.1. The molecule has 2 aliphatic heterocycles. The van der Waals surface area contributed by atoms with Crippen molar-refractivity contribution < 1.29 is 10.0 Å². The minimum atomic E-state index is -0.469. The first kappa shape index (κ1) is 8.93. The molecule has 1 amide bonds. The van der Waals surface area contributed by atoms with Crippen LogP contribution in [0.15, 0.2) is 0 Å². The van der Waals surface area contributed by atoms with E-state index in [-0.39, 0.29) is 12.5 Å². The van der Waals surface area contributed by atoms with Crippen LogP contribution in [-0.4, -0.2) is 53.4 Å². The molecule has 13 heavy (non-hydrogen) atoms. The Hall–Kier alpha value is -0.650. The molecule has 5 heteroatoms. The second-order valence-electron chi connectivity index (χ2n) is 3.89. The molecule has 2 rings (SSSR count). The van der Waals surface area contributed by atoms with Crippen LogP contribution in [0.25, 0.3) is 0 Å². The van der Waals surface area contributed by atoms with Gasteiger partial charge in [0.25, 0.3) is 5.91 Å². The van der Waals surface area contributed by atoms with Crippen molar-refractivity contribution in [1.82, 2.24) is 15.3 Å². The van der Waals surface area contributed by atoms with Crippen molar-refractivity contribution in [1.29, 1.82) is 0 Å². The van der Waals surface area contributed by atoms with Gasteiger partial charge in [-0.2, -0.15) is 0 Å². The zero-order chi connectivity index (χ0) is 9.47. The molecule has 0 aromatic rings. The first-order chi connectivity index (χ1) is 6.14. The molecule has 0 bridgehead atoms. The lowest BCUT2D eigenvalue weighted by Crippen LogP contribution is -2.56. The van der Waals surface area contributed by atoms with E-state index in [4.69, 9.17) is 0 Å². The molecule has 5 nitrogen and oxygen atoms in total. The number of hydrogen-bond acceptors (Lipinski definition) is 4. The highest BCUT2D eigenvalue weighted by molar-refractivity contribution is 5.80. The first-order valence-corrected chi connectivity index (χ1v) is 4.60. The fraction of sp³-hybridized carbons (Fsp3) is 0.875. The number of carbonyl (C=O) groups excluding carboxylic acids is 1. The van der Waals surface area contributed by atoms with Gasteiger partial charge in [0.15, 0.2) is 0 Å². The molecule has 0 saturated carbocycles. The summed E-state index contributed by atoms with van der Waals surface area (Å²) in [5.74, 6) is -0.218. The fourth-order valence-electron chi connectivity index (χ4n) is 2.01. The summed E-state index contributed by atoms with van der Waals surface area (Å²) in [4.78, 5) is 13.3. The number of hydroxylamine groups is 2. The first-order valence-electron chi connectivity index (χ1n) is 4.60. The zero-order valence-electron chi connectivity index (χ0n) is 7.79. The third kappa shape index (κ3) is 1.33. The number of carbonyl (C=O) groups is 1. The molecular formula is C8H15N3O2. The van der Waals surface area contributed by atoms with Crippen molar-refractivity contribution in [2.75, 3.05) is 26.7 Å². The van der Waals surface area contributed by atoms with Crippen LogP contribution < -0.4 is 5.32 Å². The number of rotatable bonds is 0. The van der Waals surface area contributed by atoms with E-state index >= 15 is 0 Å². The van der Waals surface area contributed by atoms with Gasteiger partial charge in [0.05, 0.1) is 6.54 Å². The summed E-state index contributed by atoms with van der Waals surface area (Å²) in [7, 11) is 2.05.